The first-order valence-corrected chi connectivity index (χ1v) is 7.82. The summed E-state index contributed by atoms with van der Waals surface area (Å²) < 4.78 is 6.17. The Balaban J connectivity index is 1.86. The van der Waals surface area contributed by atoms with Crippen molar-refractivity contribution < 1.29 is 4.74 Å². The van der Waals surface area contributed by atoms with Gasteiger partial charge >= 0.3 is 5.69 Å². The largest absolute Gasteiger partial charge is 0.495 e. The summed E-state index contributed by atoms with van der Waals surface area (Å²) in [6, 6.07) is 7.42. The number of rotatable bonds is 4. The Morgan fingerprint density at radius 1 is 1.52 bits per heavy atom. The fourth-order valence-corrected chi connectivity index (χ4v) is 3.04. The molecular formula is C14H10ClN5O2S. The zero-order valence-corrected chi connectivity index (χ0v) is 13.5. The summed E-state index contributed by atoms with van der Waals surface area (Å²) in [5.74, 6) is 1.16. The van der Waals surface area contributed by atoms with Crippen molar-refractivity contribution in [2.75, 3.05) is 7.11 Å². The van der Waals surface area contributed by atoms with Crippen LogP contribution in [0.3, 0.4) is 0 Å². The minimum atomic E-state index is -0.438. The fourth-order valence-electron chi connectivity index (χ4n) is 1.97. The molecule has 2 aromatic heterocycles. The van der Waals surface area contributed by atoms with Crippen LogP contribution >= 0.6 is 23.4 Å². The Morgan fingerprint density at radius 3 is 3.04 bits per heavy atom. The zero-order valence-electron chi connectivity index (χ0n) is 11.9. The van der Waals surface area contributed by atoms with Crippen LogP contribution in [0.25, 0.3) is 5.65 Å². The molecule has 3 rings (SSSR count). The Bertz CT molecular complexity index is 975. The van der Waals surface area contributed by atoms with Crippen molar-refractivity contribution in [3.63, 3.8) is 0 Å². The third-order valence-electron chi connectivity index (χ3n) is 3.07. The summed E-state index contributed by atoms with van der Waals surface area (Å²) in [7, 11) is 1.55. The van der Waals surface area contributed by atoms with E-state index in [9.17, 15) is 4.79 Å². The molecule has 0 aliphatic rings. The number of H-pyrrole nitrogens is 1. The van der Waals surface area contributed by atoms with Crippen LogP contribution in [0.1, 0.15) is 11.1 Å². The van der Waals surface area contributed by atoms with Crippen LogP contribution in [0, 0.1) is 11.3 Å². The Kier molecular flexibility index (Phi) is 4.23. The molecule has 7 nitrogen and oxygen atoms in total. The average Bonchev–Trinajstić information content (AvgIpc) is 2.96. The predicted molar refractivity (Wildman–Crippen MR) is 85.9 cm³/mol. The number of thioether (sulfide) groups is 1. The van der Waals surface area contributed by atoms with Crippen LogP contribution in [0.2, 0.25) is 5.02 Å². The molecule has 0 spiro atoms. The first-order valence-electron chi connectivity index (χ1n) is 6.45. The van der Waals surface area contributed by atoms with Gasteiger partial charge in [0.15, 0.2) is 10.8 Å². The predicted octanol–water partition coefficient (Wildman–Crippen LogP) is 2.24. The first kappa shape index (κ1) is 15.4. The van der Waals surface area contributed by atoms with E-state index in [4.69, 9.17) is 21.6 Å². The monoisotopic (exact) mass is 347 g/mol. The quantitative estimate of drug-likeness (QED) is 0.727. The second-order valence-electron chi connectivity index (χ2n) is 4.51. The van der Waals surface area contributed by atoms with Gasteiger partial charge in [-0.1, -0.05) is 29.4 Å². The lowest BCUT2D eigenvalue weighted by Crippen LogP contribution is -2.19. The maximum Gasteiger partial charge on any atom is 0.350 e. The van der Waals surface area contributed by atoms with Crippen molar-refractivity contribution in [1.82, 2.24) is 19.6 Å². The number of nitrogens with zero attached hydrogens (tertiary/aromatic N) is 4. The van der Waals surface area contributed by atoms with Gasteiger partial charge in [-0.25, -0.2) is 9.78 Å². The molecular weight excluding hydrogens is 338 g/mol. The van der Waals surface area contributed by atoms with E-state index in [1.54, 1.807) is 19.2 Å². The molecule has 1 N–H and O–H groups in total. The number of hydrogen-bond donors (Lipinski definition) is 1. The standard InChI is InChI=1S/C14H10ClN5O2S/c1-22-11-3-2-8(4-10(11)15)7-23-13-18-12-9(5-16)6-17-20(12)14(21)19-13/h2-4,6H,7H2,1H3,(H,18,19,21). The number of benzene rings is 1. The number of nitrogens with one attached hydrogen (secondary N) is 1. The minimum Gasteiger partial charge on any atom is -0.495 e. The van der Waals surface area contributed by atoms with Crippen LogP contribution < -0.4 is 10.4 Å². The van der Waals surface area contributed by atoms with Crippen molar-refractivity contribution in [3.05, 3.63) is 51.0 Å². The highest BCUT2D eigenvalue weighted by atomic mass is 35.5. The highest BCUT2D eigenvalue weighted by Crippen LogP contribution is 2.27. The SMILES string of the molecule is COc1ccc(CSc2nc3c(C#N)cnn3c(=O)[nH]2)cc1Cl. The normalized spacial score (nSPS) is 10.7. The summed E-state index contributed by atoms with van der Waals surface area (Å²) in [4.78, 5) is 18.8. The molecule has 9 heteroatoms. The van der Waals surface area contributed by atoms with Gasteiger partial charge < -0.3 is 4.74 Å². The summed E-state index contributed by atoms with van der Waals surface area (Å²) in [5, 5.41) is 13.8. The Morgan fingerprint density at radius 2 is 2.35 bits per heavy atom. The van der Waals surface area contributed by atoms with E-state index in [-0.39, 0.29) is 11.2 Å². The van der Waals surface area contributed by atoms with Crippen molar-refractivity contribution in [2.45, 2.75) is 10.9 Å². The topological polar surface area (TPSA) is 96.1 Å². The molecule has 0 amide bonds. The maximum absolute atomic E-state index is 11.9. The van der Waals surface area contributed by atoms with E-state index in [0.717, 1.165) is 10.1 Å². The van der Waals surface area contributed by atoms with Gasteiger partial charge in [-0.05, 0) is 17.7 Å². The van der Waals surface area contributed by atoms with Gasteiger partial charge in [0.05, 0.1) is 18.3 Å². The number of fused-ring (bicyclic) bond motifs is 1. The molecule has 0 saturated carbocycles. The third-order valence-corrected chi connectivity index (χ3v) is 4.31. The number of methoxy groups -OCH3 is 1. The van der Waals surface area contributed by atoms with Crippen molar-refractivity contribution in [3.8, 4) is 11.8 Å². The number of halogens is 1. The van der Waals surface area contributed by atoms with E-state index in [2.05, 4.69) is 15.1 Å². The lowest BCUT2D eigenvalue weighted by atomic mass is 10.2. The lowest BCUT2D eigenvalue weighted by molar-refractivity contribution is 0.415. The van der Waals surface area contributed by atoms with E-state index in [1.165, 1.54) is 18.0 Å². The molecule has 0 saturated heterocycles. The minimum absolute atomic E-state index is 0.242. The van der Waals surface area contributed by atoms with Crippen molar-refractivity contribution >= 4 is 29.0 Å². The Labute approximate surface area is 139 Å². The smallest absolute Gasteiger partial charge is 0.350 e. The number of aromatic amines is 1. The van der Waals surface area contributed by atoms with E-state index in [0.29, 0.717) is 21.7 Å². The molecule has 3 aromatic rings. The van der Waals surface area contributed by atoms with Gasteiger partial charge in [0.2, 0.25) is 0 Å². The number of nitriles is 1. The highest BCUT2D eigenvalue weighted by Gasteiger charge is 2.10. The lowest BCUT2D eigenvalue weighted by Gasteiger charge is -2.06. The molecule has 2 heterocycles. The maximum atomic E-state index is 11.9. The van der Waals surface area contributed by atoms with Crippen LogP contribution in [-0.4, -0.2) is 26.7 Å². The molecule has 116 valence electrons. The van der Waals surface area contributed by atoms with E-state index < -0.39 is 5.69 Å². The summed E-state index contributed by atoms with van der Waals surface area (Å²) in [6.07, 6.45) is 1.31. The van der Waals surface area contributed by atoms with E-state index >= 15 is 0 Å². The van der Waals surface area contributed by atoms with Gasteiger partial charge in [-0.3, -0.25) is 4.98 Å². The van der Waals surface area contributed by atoms with Gasteiger partial charge in [0.25, 0.3) is 0 Å². The summed E-state index contributed by atoms with van der Waals surface area (Å²) in [6.45, 7) is 0. The van der Waals surface area contributed by atoms with Crippen molar-refractivity contribution in [2.24, 2.45) is 0 Å². The molecule has 0 aliphatic carbocycles. The highest BCUT2D eigenvalue weighted by molar-refractivity contribution is 7.98. The molecule has 0 radical (unpaired) electrons. The number of aromatic nitrogens is 4. The molecule has 0 aliphatic heterocycles. The molecule has 0 atom stereocenters. The molecule has 0 unspecified atom stereocenters. The molecule has 0 bridgehead atoms. The number of ether oxygens (including phenoxy) is 1. The number of hydrogen-bond acceptors (Lipinski definition) is 6. The van der Waals surface area contributed by atoms with Gasteiger partial charge in [-0.15, -0.1) is 0 Å². The second-order valence-corrected chi connectivity index (χ2v) is 5.88. The average molecular weight is 348 g/mol. The summed E-state index contributed by atoms with van der Waals surface area (Å²) in [5.41, 5.74) is 1.01. The van der Waals surface area contributed by atoms with Gasteiger partial charge in [0, 0.05) is 5.75 Å². The first-order chi connectivity index (χ1) is 11.1. The summed E-state index contributed by atoms with van der Waals surface area (Å²) >= 11 is 7.41. The zero-order chi connectivity index (χ0) is 16.4. The molecule has 23 heavy (non-hydrogen) atoms. The molecule has 0 fully saturated rings. The van der Waals surface area contributed by atoms with Gasteiger partial charge in [-0.2, -0.15) is 14.9 Å². The van der Waals surface area contributed by atoms with Crippen molar-refractivity contribution in [1.29, 1.82) is 5.26 Å². The van der Waals surface area contributed by atoms with Crippen LogP contribution in [0.5, 0.6) is 5.75 Å². The third kappa shape index (κ3) is 3.02. The van der Waals surface area contributed by atoms with Crippen LogP contribution in [0.4, 0.5) is 0 Å². The fraction of sp³-hybridized carbons (Fsp3) is 0.143. The second kappa shape index (κ2) is 6.32. The Hall–Kier alpha value is -2.50. The van der Waals surface area contributed by atoms with Crippen LogP contribution in [0.15, 0.2) is 34.3 Å². The molecule has 1 aromatic carbocycles. The van der Waals surface area contributed by atoms with Gasteiger partial charge in [0.1, 0.15) is 17.4 Å². The van der Waals surface area contributed by atoms with Crippen LogP contribution in [-0.2, 0) is 5.75 Å². The van der Waals surface area contributed by atoms with E-state index in [1.807, 2.05) is 12.1 Å².